The van der Waals surface area contributed by atoms with Crippen LogP contribution in [0.5, 0.6) is 11.5 Å². The molecule has 1 saturated heterocycles. The summed E-state index contributed by atoms with van der Waals surface area (Å²) in [6.07, 6.45) is -1.09. The van der Waals surface area contributed by atoms with E-state index in [2.05, 4.69) is 52.8 Å². The lowest BCUT2D eigenvalue weighted by atomic mass is 9.98. The highest BCUT2D eigenvalue weighted by Gasteiger charge is 2.42. The Hall–Kier alpha value is -13.9. The Bertz CT molecular complexity index is 5230. The van der Waals surface area contributed by atoms with Crippen LogP contribution in [0.2, 0.25) is 0 Å². The van der Waals surface area contributed by atoms with Crippen molar-refractivity contribution < 1.29 is 100 Å². The van der Waals surface area contributed by atoms with Crippen LogP contribution in [-0.2, 0) is 115 Å². The molecule has 11 unspecified atom stereocenters. The maximum atomic E-state index is 15.5. The number of carbonyl (C=O) groups excluding carboxylic acids is 16. The van der Waals surface area contributed by atoms with Crippen molar-refractivity contribution in [3.63, 3.8) is 0 Å². The van der Waals surface area contributed by atoms with Gasteiger partial charge in [-0.25, -0.2) is 13.2 Å². The Kier molecular flexibility index (Phi) is 39.0. The highest BCUT2D eigenvalue weighted by Crippen LogP contribution is 2.25. The molecule has 6 aromatic carbocycles. The molecule has 40 heteroatoms. The van der Waals surface area contributed by atoms with E-state index < -0.39 is 228 Å². The van der Waals surface area contributed by atoms with Gasteiger partial charge in [0.1, 0.15) is 78.0 Å². The van der Waals surface area contributed by atoms with Crippen LogP contribution in [0.15, 0.2) is 152 Å². The SMILES string of the molecule is CCCCC1C(=O)N(C)CC(=O)NC(CC(N)=O)C(=O)NC(C(C)C)C(=O)N(C)C(Cc2ccccc2)C(=O)NC(Cc2ccc(O)cc2)C(=O)N(C)CC(=O)NC(Cc2c[nH]c3ccccc23)C(=O)NC(Cc2ccc(O)cc2)C(=O)NC(CCCN)C(=O)NC(C(=O)NCC(N)=O)CSCC(=O)NC(Cc2cc(F)c(F)c(F)c2)C(=O)N(C)C(Cc2ccccc2)C(=O)N1C. The van der Waals surface area contributed by atoms with E-state index in [1.807, 2.05) is 0 Å². The second-order valence-electron chi connectivity index (χ2n) is 32.8. The number of hydrogen-bond acceptors (Lipinski definition) is 20. The van der Waals surface area contributed by atoms with Gasteiger partial charge in [0.2, 0.25) is 94.5 Å². The summed E-state index contributed by atoms with van der Waals surface area (Å²) in [6.45, 7) is 2.37. The van der Waals surface area contributed by atoms with Crippen molar-refractivity contribution in [2.75, 3.05) is 72.9 Å². The van der Waals surface area contributed by atoms with E-state index in [0.29, 0.717) is 69.0 Å². The Balaban J connectivity index is 1.22. The number of amides is 16. The molecular weight excluding hydrogens is 1730 g/mol. The highest BCUT2D eigenvalue weighted by molar-refractivity contribution is 8.00. The van der Waals surface area contributed by atoms with Crippen molar-refractivity contribution >= 4 is 117 Å². The number of nitrogens with zero attached hydrogens (tertiary/aromatic N) is 5. The number of H-pyrrole nitrogens is 1. The standard InChI is InChI=1S/C92H115F3N18O18S/c1-9-10-27-72-90(129)110(5)49-78(119)102-68(45-75(97)116)86(125)108-81(52(2)3)92(131)112(7)73(42-53-20-13-11-14-21-53)87(126)106-69(40-56-30-34-60(115)35-31-56)88(127)109(4)48-77(118)101-67(44-58-46-99-64-25-18-17-24-61(58)64)85(124)105-66(39-55-28-32-59(114)33-29-55)84(123)104-65(26-19-36-96)83(122)107-71(82(121)100-47-76(98)117)50-132-51-79(120)103-70(41-57-37-62(93)80(95)63(94)38-57)89(128)113(8)74(91(130)111(72)6)43-54-22-15-12-16-23-54/h11-18,20-25,28-35,37-38,46,52,65-74,81,99,114-115H,9-10,19,26-27,36,39-45,47-51,96H2,1-8H3,(H2,97,116)(H2,98,117)(H,100,121)(H,101,118)(H,102,119)(H,103,120)(H,104,123)(H,105,124)(H,106,126)(H,107,122)(H,108,125). The maximum Gasteiger partial charge on any atom is 0.246 e. The number of aromatic nitrogens is 1. The first-order chi connectivity index (χ1) is 62.7. The molecule has 132 heavy (non-hydrogen) atoms. The third kappa shape index (κ3) is 30.3. The Morgan fingerprint density at radius 1 is 0.470 bits per heavy atom. The zero-order valence-corrected chi connectivity index (χ0v) is 75.3. The minimum absolute atomic E-state index is 0.0273. The summed E-state index contributed by atoms with van der Waals surface area (Å²) >= 11 is 0.655. The number of phenols is 2. The van der Waals surface area contributed by atoms with E-state index in [1.165, 1.54) is 83.8 Å². The number of nitrogens with two attached hydrogens (primary N) is 3. The minimum Gasteiger partial charge on any atom is -0.508 e. The number of fused-ring (bicyclic) bond motifs is 1. The first kappa shape index (κ1) is 103. The lowest BCUT2D eigenvalue weighted by Gasteiger charge is -2.37. The lowest BCUT2D eigenvalue weighted by molar-refractivity contribution is -0.151. The number of likely N-dealkylation sites (N-methyl/N-ethyl adjacent to an activating group) is 5. The summed E-state index contributed by atoms with van der Waals surface area (Å²) in [5.74, 6) is -23.6. The fourth-order valence-corrected chi connectivity index (χ4v) is 15.8. The Morgan fingerprint density at radius 2 is 0.939 bits per heavy atom. The molecular formula is C92H115F3N18O18S. The van der Waals surface area contributed by atoms with Crippen molar-refractivity contribution in [1.82, 2.24) is 77.3 Å². The van der Waals surface area contributed by atoms with Gasteiger partial charge in [0.25, 0.3) is 0 Å². The number of aromatic hydroxyl groups is 2. The van der Waals surface area contributed by atoms with E-state index in [4.69, 9.17) is 17.2 Å². The number of benzene rings is 6. The average molecular weight is 1850 g/mol. The normalized spacial score (nSPS) is 21.7. The number of phenolic OH excluding ortho intramolecular Hbond substituents is 2. The molecule has 1 aromatic heterocycles. The molecule has 1 fully saturated rings. The van der Waals surface area contributed by atoms with Crippen LogP contribution in [0.3, 0.4) is 0 Å². The molecule has 2 heterocycles. The number of unbranched alkanes of at least 4 members (excludes halogenated alkanes) is 1. The van der Waals surface area contributed by atoms with Crippen molar-refractivity contribution in [2.45, 2.75) is 164 Å². The average Bonchev–Trinajstić information content (AvgIpc) is 1.68. The summed E-state index contributed by atoms with van der Waals surface area (Å²) < 4.78 is 44.9. The monoisotopic (exact) mass is 1850 g/mol. The van der Waals surface area contributed by atoms with Crippen LogP contribution in [-0.4, -0.2) is 274 Å². The number of para-hydroxylation sites is 1. The van der Waals surface area contributed by atoms with E-state index >= 15 is 47.1 Å². The molecule has 1 aliphatic rings. The van der Waals surface area contributed by atoms with Crippen LogP contribution in [0.25, 0.3) is 10.9 Å². The van der Waals surface area contributed by atoms with E-state index in [1.54, 1.807) is 112 Å². The molecule has 1 aliphatic heterocycles. The molecule has 0 saturated carbocycles. The van der Waals surface area contributed by atoms with Crippen molar-refractivity contribution in [3.05, 3.63) is 203 Å². The molecule has 11 atom stereocenters. The number of halogens is 3. The number of aromatic amines is 1. The van der Waals surface area contributed by atoms with Crippen LogP contribution in [0, 0.1) is 23.4 Å². The Labute approximate surface area is 765 Å². The summed E-state index contributed by atoms with van der Waals surface area (Å²) in [4.78, 5) is 243. The maximum absolute atomic E-state index is 15.5. The van der Waals surface area contributed by atoms with Gasteiger partial charge >= 0.3 is 0 Å². The Morgan fingerprint density at radius 3 is 1.50 bits per heavy atom. The molecule has 0 aliphatic carbocycles. The molecule has 8 rings (SSSR count). The third-order valence-corrected chi connectivity index (χ3v) is 23.3. The second-order valence-corrected chi connectivity index (χ2v) is 33.9. The molecule has 0 bridgehead atoms. The number of nitrogens with one attached hydrogen (secondary N) is 10. The van der Waals surface area contributed by atoms with Gasteiger partial charge in [-0.05, 0) is 108 Å². The summed E-state index contributed by atoms with van der Waals surface area (Å²) in [5, 5.41) is 44.6. The van der Waals surface area contributed by atoms with Gasteiger partial charge in [-0.2, -0.15) is 0 Å². The summed E-state index contributed by atoms with van der Waals surface area (Å²) in [5.41, 5.74) is 19.5. The predicted octanol–water partition coefficient (Wildman–Crippen LogP) is 0.837. The third-order valence-electron chi connectivity index (χ3n) is 22.3. The van der Waals surface area contributed by atoms with Crippen LogP contribution in [0.4, 0.5) is 13.2 Å². The van der Waals surface area contributed by atoms with Gasteiger partial charge in [-0.1, -0.05) is 137 Å². The van der Waals surface area contributed by atoms with Crippen molar-refractivity contribution in [1.29, 1.82) is 0 Å². The zero-order valence-electron chi connectivity index (χ0n) is 74.5. The number of hydrogen-bond donors (Lipinski definition) is 15. The van der Waals surface area contributed by atoms with Crippen LogP contribution in [0.1, 0.15) is 92.7 Å². The molecule has 708 valence electrons. The van der Waals surface area contributed by atoms with E-state index in [9.17, 15) is 53.0 Å². The van der Waals surface area contributed by atoms with Gasteiger partial charge < -0.3 is 105 Å². The largest absolute Gasteiger partial charge is 0.508 e. The number of primary amides is 2. The summed E-state index contributed by atoms with van der Waals surface area (Å²) in [6, 6.07) is 17.7. The number of thioether (sulfide) groups is 1. The molecule has 0 spiro atoms. The topological polar surface area (TPSA) is 532 Å². The number of carbonyl (C=O) groups is 16. The van der Waals surface area contributed by atoms with Gasteiger partial charge in [0.05, 0.1) is 31.8 Å². The van der Waals surface area contributed by atoms with Gasteiger partial charge in [0.15, 0.2) is 17.5 Å². The van der Waals surface area contributed by atoms with Crippen molar-refractivity contribution in [3.8, 4) is 11.5 Å². The molecule has 18 N–H and O–H groups in total. The second kappa shape index (κ2) is 49.7. The summed E-state index contributed by atoms with van der Waals surface area (Å²) in [7, 11) is 6.16. The predicted molar refractivity (Wildman–Crippen MR) is 482 cm³/mol. The quantitative estimate of drug-likeness (QED) is 0.0373. The molecule has 36 nitrogen and oxygen atoms in total. The highest BCUT2D eigenvalue weighted by atomic mass is 32.2. The first-order valence-electron chi connectivity index (χ1n) is 42.9. The first-order valence-corrected chi connectivity index (χ1v) is 44.0. The fraction of sp³-hybridized carbons (Fsp3) is 0.413. The van der Waals surface area contributed by atoms with Gasteiger partial charge in [-0.3, -0.25) is 76.7 Å². The van der Waals surface area contributed by atoms with Gasteiger partial charge in [0, 0.05) is 96.6 Å². The molecule has 0 radical (unpaired) electrons. The minimum atomic E-state index is -1.88. The van der Waals surface area contributed by atoms with Gasteiger partial charge in [-0.15, -0.1) is 11.8 Å². The smallest absolute Gasteiger partial charge is 0.246 e. The lowest BCUT2D eigenvalue weighted by Crippen LogP contribution is -2.61. The van der Waals surface area contributed by atoms with Crippen molar-refractivity contribution in [2.24, 2.45) is 23.1 Å². The molecule has 7 aromatic rings. The van der Waals surface area contributed by atoms with E-state index in [0.717, 1.165) is 24.5 Å². The van der Waals surface area contributed by atoms with Crippen LogP contribution < -0.4 is 65.1 Å². The fourth-order valence-electron chi connectivity index (χ4n) is 15.0. The number of rotatable bonds is 24. The molecule has 16 amide bonds. The van der Waals surface area contributed by atoms with E-state index in [-0.39, 0.29) is 81.4 Å². The zero-order chi connectivity index (χ0) is 96.7. The van der Waals surface area contributed by atoms with Crippen LogP contribution >= 0.6 is 11.8 Å².